The maximum Gasteiger partial charge on any atom is 0.0623 e. The van der Waals surface area contributed by atoms with Crippen LogP contribution in [0.25, 0.3) is 93.9 Å². The van der Waals surface area contributed by atoms with Crippen LogP contribution in [0.1, 0.15) is 25.0 Å². The summed E-state index contributed by atoms with van der Waals surface area (Å²) in [5.74, 6) is 0. The normalized spacial score (nSPS) is 13.0. The third-order valence-corrected chi connectivity index (χ3v) is 13.9. The molecule has 296 valence electrons. The zero-order chi connectivity index (χ0) is 41.8. The molecule has 0 fully saturated rings. The Bertz CT molecular complexity index is 3630. The molecule has 1 aliphatic carbocycles. The van der Waals surface area contributed by atoms with Gasteiger partial charge >= 0.3 is 0 Å². The molecule has 2 nitrogen and oxygen atoms in total. The molecule has 0 saturated heterocycles. The van der Waals surface area contributed by atoms with Crippen LogP contribution in [0, 0.1) is 0 Å². The van der Waals surface area contributed by atoms with Gasteiger partial charge < -0.3 is 9.47 Å². The number of benzene rings is 10. The van der Waals surface area contributed by atoms with E-state index in [2.05, 4.69) is 242 Å². The van der Waals surface area contributed by atoms with Crippen LogP contribution in [0.15, 0.2) is 218 Å². The molecule has 0 bridgehead atoms. The van der Waals surface area contributed by atoms with Crippen molar-refractivity contribution in [2.75, 3.05) is 4.90 Å². The second-order valence-corrected chi connectivity index (χ2v) is 17.7. The minimum Gasteiger partial charge on any atom is -0.310 e. The molecule has 0 spiro atoms. The van der Waals surface area contributed by atoms with Gasteiger partial charge in [-0.05, 0) is 109 Å². The summed E-state index contributed by atoms with van der Waals surface area (Å²) in [4.78, 5) is 2.47. The monoisotopic (exact) mass is 802 g/mol. The van der Waals surface area contributed by atoms with Gasteiger partial charge in [-0.15, -0.1) is 0 Å². The van der Waals surface area contributed by atoms with Crippen LogP contribution in [0.3, 0.4) is 0 Å². The third-order valence-electron chi connectivity index (χ3n) is 13.9. The number of fused-ring (bicyclic) bond motifs is 7. The highest BCUT2D eigenvalue weighted by Gasteiger charge is 2.41. The van der Waals surface area contributed by atoms with Crippen LogP contribution in [0.4, 0.5) is 17.1 Å². The molecule has 0 atom stereocenters. The molecule has 13 rings (SSSR count). The topological polar surface area (TPSA) is 8.17 Å². The van der Waals surface area contributed by atoms with E-state index in [4.69, 9.17) is 0 Å². The average Bonchev–Trinajstić information content (AvgIpc) is 3.75. The number of hydrogen-bond acceptors (Lipinski definition) is 1. The lowest BCUT2D eigenvalue weighted by atomic mass is 9.81. The Morgan fingerprint density at radius 2 is 1.03 bits per heavy atom. The molecule has 2 heteroatoms. The van der Waals surface area contributed by atoms with Crippen molar-refractivity contribution in [3.63, 3.8) is 0 Å². The summed E-state index contributed by atoms with van der Waals surface area (Å²) >= 11 is 0. The van der Waals surface area contributed by atoms with E-state index in [1.54, 1.807) is 0 Å². The molecular formula is C61H42N2. The van der Waals surface area contributed by atoms with Crippen molar-refractivity contribution in [2.45, 2.75) is 19.3 Å². The summed E-state index contributed by atoms with van der Waals surface area (Å²) in [7, 11) is 0. The van der Waals surface area contributed by atoms with Crippen molar-refractivity contribution >= 4 is 49.6 Å². The van der Waals surface area contributed by atoms with Crippen LogP contribution in [0.5, 0.6) is 0 Å². The Balaban J connectivity index is 1.08. The van der Waals surface area contributed by atoms with Crippen molar-refractivity contribution in [3.8, 4) is 61.3 Å². The van der Waals surface area contributed by atoms with E-state index in [0.29, 0.717) is 0 Å². The fraction of sp³-hybridized carbons (Fsp3) is 0.0492. The van der Waals surface area contributed by atoms with Gasteiger partial charge in [-0.3, -0.25) is 0 Å². The Morgan fingerprint density at radius 3 is 1.86 bits per heavy atom. The quantitative estimate of drug-likeness (QED) is 0.163. The van der Waals surface area contributed by atoms with Gasteiger partial charge in [-0.25, -0.2) is 0 Å². The summed E-state index contributed by atoms with van der Waals surface area (Å²) in [6.45, 7) is 4.78. The first-order valence-corrected chi connectivity index (χ1v) is 22.0. The van der Waals surface area contributed by atoms with Crippen LogP contribution in [-0.2, 0) is 5.41 Å². The molecule has 2 heterocycles. The minimum atomic E-state index is -0.108. The zero-order valence-corrected chi connectivity index (χ0v) is 35.2. The van der Waals surface area contributed by atoms with E-state index in [9.17, 15) is 0 Å². The number of anilines is 3. The number of para-hydroxylation sites is 1. The van der Waals surface area contributed by atoms with Crippen LogP contribution in [0.2, 0.25) is 0 Å². The van der Waals surface area contributed by atoms with Crippen LogP contribution >= 0.6 is 0 Å². The molecule has 0 amide bonds. The highest BCUT2D eigenvalue weighted by Crippen LogP contribution is 2.58. The van der Waals surface area contributed by atoms with Gasteiger partial charge in [0.2, 0.25) is 0 Å². The molecule has 0 radical (unpaired) electrons. The van der Waals surface area contributed by atoms with E-state index < -0.39 is 0 Å². The van der Waals surface area contributed by atoms with Crippen molar-refractivity contribution in [1.82, 2.24) is 4.57 Å². The molecule has 0 saturated carbocycles. The Kier molecular flexibility index (Phi) is 7.68. The zero-order valence-electron chi connectivity index (χ0n) is 35.2. The fourth-order valence-electron chi connectivity index (χ4n) is 10.9. The predicted molar refractivity (Wildman–Crippen MR) is 266 cm³/mol. The lowest BCUT2D eigenvalue weighted by molar-refractivity contribution is 0.661. The van der Waals surface area contributed by atoms with Gasteiger partial charge in [0.05, 0.1) is 22.4 Å². The van der Waals surface area contributed by atoms with E-state index >= 15 is 0 Å². The van der Waals surface area contributed by atoms with Gasteiger partial charge in [0.15, 0.2) is 0 Å². The summed E-state index contributed by atoms with van der Waals surface area (Å²) in [6, 6.07) is 80.9. The summed E-state index contributed by atoms with van der Waals surface area (Å²) in [5, 5.41) is 5.07. The van der Waals surface area contributed by atoms with Gasteiger partial charge in [0.25, 0.3) is 0 Å². The second kappa shape index (κ2) is 13.5. The van der Waals surface area contributed by atoms with E-state index in [1.165, 1.54) is 105 Å². The first-order valence-electron chi connectivity index (χ1n) is 22.0. The van der Waals surface area contributed by atoms with E-state index in [-0.39, 0.29) is 5.41 Å². The number of aromatic nitrogens is 1. The third kappa shape index (κ3) is 5.31. The number of hydrogen-bond donors (Lipinski definition) is 0. The van der Waals surface area contributed by atoms with E-state index in [1.807, 2.05) is 0 Å². The minimum absolute atomic E-state index is 0.108. The van der Waals surface area contributed by atoms with Crippen LogP contribution in [-0.4, -0.2) is 4.57 Å². The fourth-order valence-corrected chi connectivity index (χ4v) is 10.9. The number of nitrogens with zero attached hydrogens (tertiary/aromatic N) is 2. The Hall–Kier alpha value is -7.94. The van der Waals surface area contributed by atoms with Crippen molar-refractivity contribution in [3.05, 3.63) is 230 Å². The van der Waals surface area contributed by atoms with Crippen molar-refractivity contribution in [1.29, 1.82) is 0 Å². The predicted octanol–water partition coefficient (Wildman–Crippen LogP) is 16.7. The standard InChI is InChI=1S/C61H42N2/c1-61(2)53-22-13-21-50-49-32-31-47(38-57(49)63-55-23-12-11-20-48(55)51-33-34-54(61)59(58(50)53)60(51)63)62(46-29-26-41(27-30-46)44-25-24-40-16-9-10-19-43(40)36-44)56-35-28-45(39-14-5-3-6-15-39)37-52(56)42-17-7-4-8-18-42/h3-38H,1-2H3. The molecule has 2 aliphatic rings. The molecule has 1 aromatic heterocycles. The van der Waals surface area contributed by atoms with Crippen molar-refractivity contribution in [2.24, 2.45) is 0 Å². The molecule has 11 aromatic rings. The molecule has 10 aromatic carbocycles. The second-order valence-electron chi connectivity index (χ2n) is 17.7. The maximum absolute atomic E-state index is 2.57. The van der Waals surface area contributed by atoms with E-state index in [0.717, 1.165) is 17.1 Å². The largest absolute Gasteiger partial charge is 0.310 e. The van der Waals surface area contributed by atoms with Gasteiger partial charge in [0, 0.05) is 44.3 Å². The lowest BCUT2D eigenvalue weighted by Gasteiger charge is -2.30. The average molecular weight is 803 g/mol. The van der Waals surface area contributed by atoms with Gasteiger partial charge in [0.1, 0.15) is 0 Å². The molecular weight excluding hydrogens is 761 g/mol. The molecule has 1 aliphatic heterocycles. The molecule has 0 N–H and O–H groups in total. The number of rotatable bonds is 6. The maximum atomic E-state index is 2.57. The lowest BCUT2D eigenvalue weighted by Crippen LogP contribution is -2.15. The smallest absolute Gasteiger partial charge is 0.0623 e. The SMILES string of the molecule is CC1(C)c2cccc3c2-c2c1ccc1c4ccccc4n(c21)-c1cc(N(c2ccc(-c4ccc5ccccc5c4)cc2)c2ccc(-c4ccccc4)cc2-c2ccccc2)ccc1-3. The Morgan fingerprint density at radius 1 is 0.381 bits per heavy atom. The highest BCUT2D eigenvalue weighted by atomic mass is 15.1. The molecule has 63 heavy (non-hydrogen) atoms. The molecule has 0 unspecified atom stereocenters. The summed E-state index contributed by atoms with van der Waals surface area (Å²) in [5.41, 5.74) is 22.1. The summed E-state index contributed by atoms with van der Waals surface area (Å²) < 4.78 is 2.57. The van der Waals surface area contributed by atoms with Crippen LogP contribution < -0.4 is 4.90 Å². The van der Waals surface area contributed by atoms with Crippen molar-refractivity contribution < 1.29 is 0 Å². The van der Waals surface area contributed by atoms with Gasteiger partial charge in [-0.2, -0.15) is 0 Å². The Labute approximate surface area is 367 Å². The summed E-state index contributed by atoms with van der Waals surface area (Å²) in [6.07, 6.45) is 0. The first-order chi connectivity index (χ1) is 31.0. The first kappa shape index (κ1) is 35.8. The highest BCUT2D eigenvalue weighted by molar-refractivity contribution is 6.19. The van der Waals surface area contributed by atoms with Gasteiger partial charge in [-0.1, -0.05) is 184 Å².